The highest BCUT2D eigenvalue weighted by molar-refractivity contribution is 5.79. The number of hydrazine groups is 2. The average Bonchev–Trinajstić information content (AvgIpc) is 2.53. The molecule has 1 aliphatic rings. The Morgan fingerprint density at radius 1 is 1.29 bits per heavy atom. The van der Waals surface area contributed by atoms with Crippen LogP contribution >= 0.6 is 0 Å². The molecule has 0 aromatic heterocycles. The smallest absolute Gasteiger partial charge is 0.245 e. The van der Waals surface area contributed by atoms with Gasteiger partial charge in [-0.1, -0.05) is 25.1 Å². The number of fused-ring (bicyclic) bond motifs is 1. The Morgan fingerprint density at radius 2 is 2.00 bits per heavy atom. The molecule has 0 saturated heterocycles. The first-order valence-electron chi connectivity index (χ1n) is 9.01. The van der Waals surface area contributed by atoms with E-state index in [4.69, 9.17) is 4.74 Å². The maximum Gasteiger partial charge on any atom is 0.245 e. The number of hydrogen-bond donors (Lipinski definition) is 1. The van der Waals surface area contributed by atoms with Crippen molar-refractivity contribution in [3.8, 4) is 5.75 Å². The summed E-state index contributed by atoms with van der Waals surface area (Å²) in [7, 11) is 0. The van der Waals surface area contributed by atoms with Crippen molar-refractivity contribution in [2.45, 2.75) is 59.5 Å². The summed E-state index contributed by atoms with van der Waals surface area (Å²) in [4.78, 5) is 13.2. The van der Waals surface area contributed by atoms with E-state index in [0.717, 1.165) is 30.7 Å². The number of hydrogen-bond acceptors (Lipinski definition) is 4. The number of carbonyl (C=O) groups excluding carboxylic acids is 1. The van der Waals surface area contributed by atoms with E-state index in [1.165, 1.54) is 0 Å². The van der Waals surface area contributed by atoms with Gasteiger partial charge in [0.2, 0.25) is 5.91 Å². The van der Waals surface area contributed by atoms with Crippen LogP contribution in [0.2, 0.25) is 0 Å². The van der Waals surface area contributed by atoms with Gasteiger partial charge in [0.15, 0.2) is 0 Å². The number of nitrogens with one attached hydrogen (secondary N) is 1. The molecule has 5 nitrogen and oxygen atoms in total. The number of amides is 1. The summed E-state index contributed by atoms with van der Waals surface area (Å²) in [6, 6.07) is 8.35. The molecule has 1 N–H and O–H groups in total. The maximum absolute atomic E-state index is 13.2. The first-order chi connectivity index (χ1) is 11.4. The normalized spacial score (nSPS) is 17.1. The lowest BCUT2D eigenvalue weighted by Gasteiger charge is -2.41. The molecule has 134 valence electrons. The van der Waals surface area contributed by atoms with Gasteiger partial charge in [-0.15, -0.1) is 0 Å². The molecule has 0 spiro atoms. The van der Waals surface area contributed by atoms with E-state index in [1.807, 2.05) is 34.4 Å². The summed E-state index contributed by atoms with van der Waals surface area (Å²) in [5, 5.41) is 3.85. The lowest BCUT2D eigenvalue weighted by molar-refractivity contribution is -0.169. The second-order valence-electron chi connectivity index (χ2n) is 7.00. The van der Waals surface area contributed by atoms with Gasteiger partial charge in [0.1, 0.15) is 12.4 Å². The van der Waals surface area contributed by atoms with Crippen molar-refractivity contribution >= 4 is 5.91 Å². The molecule has 0 radical (unpaired) electrons. The van der Waals surface area contributed by atoms with Crippen LogP contribution in [0.3, 0.4) is 0 Å². The Morgan fingerprint density at radius 3 is 2.62 bits per heavy atom. The second kappa shape index (κ2) is 8.49. The van der Waals surface area contributed by atoms with E-state index in [2.05, 4.69) is 40.0 Å². The van der Waals surface area contributed by atoms with Gasteiger partial charge in [-0.05, 0) is 52.2 Å². The van der Waals surface area contributed by atoms with Crippen LogP contribution in [-0.4, -0.2) is 41.3 Å². The molecular formula is C19H31N3O2. The van der Waals surface area contributed by atoms with E-state index in [0.29, 0.717) is 6.61 Å². The first-order valence-corrected chi connectivity index (χ1v) is 9.01. The Hall–Kier alpha value is -1.59. The van der Waals surface area contributed by atoms with Crippen molar-refractivity contribution in [3.63, 3.8) is 0 Å². The van der Waals surface area contributed by atoms with Crippen molar-refractivity contribution in [2.24, 2.45) is 5.92 Å². The lowest BCUT2D eigenvalue weighted by atomic mass is 9.95. The standard InChI is InChI=1S/C19H31N3O2/c1-6-11-21(20-14(2)3)22(15(4)5)19(23)17-12-16-9-7-8-10-18(16)24-13-17/h7-10,14-15,17,20H,6,11-13H2,1-5H3/t17-/m1/s1. The zero-order valence-corrected chi connectivity index (χ0v) is 15.6. The van der Waals surface area contributed by atoms with Gasteiger partial charge in [0.05, 0.1) is 5.92 Å². The predicted octanol–water partition coefficient (Wildman–Crippen LogP) is 3.01. The molecule has 2 rings (SSSR count). The SMILES string of the molecule is CCCN(NC(C)C)N(C(=O)[C@H]1COc2ccccc2C1)C(C)C. The molecule has 1 aromatic carbocycles. The third kappa shape index (κ3) is 4.48. The maximum atomic E-state index is 13.2. The monoisotopic (exact) mass is 333 g/mol. The van der Waals surface area contributed by atoms with E-state index >= 15 is 0 Å². The number of nitrogens with zero attached hydrogens (tertiary/aromatic N) is 2. The van der Waals surface area contributed by atoms with Gasteiger partial charge < -0.3 is 4.74 Å². The van der Waals surface area contributed by atoms with Crippen LogP contribution in [0.15, 0.2) is 24.3 Å². The minimum atomic E-state index is -0.143. The number of benzene rings is 1. The molecule has 0 bridgehead atoms. The van der Waals surface area contributed by atoms with E-state index in [1.54, 1.807) is 0 Å². The molecule has 1 atom stereocenters. The molecule has 1 amide bonds. The highest BCUT2D eigenvalue weighted by Gasteiger charge is 2.33. The van der Waals surface area contributed by atoms with Crippen molar-refractivity contribution in [1.29, 1.82) is 0 Å². The van der Waals surface area contributed by atoms with Crippen molar-refractivity contribution in [2.75, 3.05) is 13.2 Å². The molecule has 0 saturated carbocycles. The highest BCUT2D eigenvalue weighted by Crippen LogP contribution is 2.28. The van der Waals surface area contributed by atoms with Crippen LogP contribution in [0.5, 0.6) is 5.75 Å². The summed E-state index contributed by atoms with van der Waals surface area (Å²) < 4.78 is 5.82. The Bertz CT molecular complexity index is 545. The molecule has 1 aliphatic heterocycles. The number of rotatable bonds is 7. The Labute approximate surface area is 145 Å². The van der Waals surface area contributed by atoms with Crippen LogP contribution in [0, 0.1) is 5.92 Å². The quantitative estimate of drug-likeness (QED) is 0.779. The predicted molar refractivity (Wildman–Crippen MR) is 96.4 cm³/mol. The van der Waals surface area contributed by atoms with Crippen molar-refractivity contribution in [3.05, 3.63) is 29.8 Å². The molecule has 1 heterocycles. The molecular weight excluding hydrogens is 302 g/mol. The van der Waals surface area contributed by atoms with Crippen LogP contribution in [-0.2, 0) is 11.2 Å². The molecule has 24 heavy (non-hydrogen) atoms. The zero-order chi connectivity index (χ0) is 17.7. The van der Waals surface area contributed by atoms with E-state index in [-0.39, 0.29) is 23.9 Å². The fraction of sp³-hybridized carbons (Fsp3) is 0.632. The second-order valence-corrected chi connectivity index (χ2v) is 7.00. The Balaban J connectivity index is 2.16. The van der Waals surface area contributed by atoms with Crippen LogP contribution < -0.4 is 10.2 Å². The number of para-hydroxylation sites is 1. The highest BCUT2D eigenvalue weighted by atomic mass is 16.5. The van der Waals surface area contributed by atoms with Gasteiger partial charge in [0.25, 0.3) is 0 Å². The summed E-state index contributed by atoms with van der Waals surface area (Å²) in [6.45, 7) is 11.7. The van der Waals surface area contributed by atoms with E-state index in [9.17, 15) is 4.79 Å². The number of ether oxygens (including phenoxy) is 1. The minimum absolute atomic E-state index is 0.0903. The van der Waals surface area contributed by atoms with Crippen molar-refractivity contribution in [1.82, 2.24) is 15.6 Å². The van der Waals surface area contributed by atoms with Gasteiger partial charge in [0, 0.05) is 18.6 Å². The van der Waals surface area contributed by atoms with Crippen molar-refractivity contribution < 1.29 is 9.53 Å². The average molecular weight is 333 g/mol. The van der Waals surface area contributed by atoms with Crippen LogP contribution in [0.4, 0.5) is 0 Å². The summed E-state index contributed by atoms with van der Waals surface area (Å²) in [6.07, 6.45) is 1.71. The third-order valence-electron chi connectivity index (χ3n) is 4.05. The Kier molecular flexibility index (Phi) is 6.63. The lowest BCUT2D eigenvalue weighted by Crippen LogP contribution is -2.60. The topological polar surface area (TPSA) is 44.8 Å². The minimum Gasteiger partial charge on any atom is -0.492 e. The number of carbonyl (C=O) groups is 1. The van der Waals surface area contributed by atoms with Crippen LogP contribution in [0.25, 0.3) is 0 Å². The first kappa shape index (κ1) is 18.7. The van der Waals surface area contributed by atoms with Gasteiger partial charge in [-0.2, -0.15) is 5.12 Å². The fourth-order valence-electron chi connectivity index (χ4n) is 3.07. The third-order valence-corrected chi connectivity index (χ3v) is 4.05. The summed E-state index contributed by atoms with van der Waals surface area (Å²) in [5.41, 5.74) is 4.51. The summed E-state index contributed by atoms with van der Waals surface area (Å²) >= 11 is 0. The van der Waals surface area contributed by atoms with Gasteiger partial charge in [-0.3, -0.25) is 9.80 Å². The zero-order valence-electron chi connectivity index (χ0n) is 15.6. The summed E-state index contributed by atoms with van der Waals surface area (Å²) in [5.74, 6) is 0.889. The van der Waals surface area contributed by atoms with Crippen LogP contribution in [0.1, 0.15) is 46.6 Å². The molecule has 0 aliphatic carbocycles. The molecule has 5 heteroatoms. The molecule has 0 unspecified atom stereocenters. The van der Waals surface area contributed by atoms with Gasteiger partial charge in [-0.25, -0.2) is 5.43 Å². The molecule has 1 aromatic rings. The molecule has 0 fully saturated rings. The van der Waals surface area contributed by atoms with E-state index < -0.39 is 0 Å². The van der Waals surface area contributed by atoms with Gasteiger partial charge >= 0.3 is 0 Å². The fourth-order valence-corrected chi connectivity index (χ4v) is 3.07. The largest absolute Gasteiger partial charge is 0.492 e.